The quantitative estimate of drug-likeness (QED) is 0.762. The van der Waals surface area contributed by atoms with Crippen molar-refractivity contribution in [3.63, 3.8) is 0 Å². The maximum Gasteiger partial charge on any atom is 0.147 e. The minimum atomic E-state index is 0.498. The van der Waals surface area contributed by atoms with Gasteiger partial charge >= 0.3 is 0 Å². The van der Waals surface area contributed by atoms with Crippen LogP contribution in [-0.2, 0) is 0 Å². The highest BCUT2D eigenvalue weighted by molar-refractivity contribution is 5.43. The summed E-state index contributed by atoms with van der Waals surface area (Å²) in [7, 11) is 1.61. The third-order valence-corrected chi connectivity index (χ3v) is 1.87. The number of nitrogens with zero attached hydrogens (tertiary/aromatic N) is 3. The number of ether oxygens (including phenoxy) is 1. The molecule has 2 rings (SSSR count). The molecule has 0 saturated carbocycles. The first-order valence-corrected chi connectivity index (χ1v) is 4.12. The van der Waals surface area contributed by atoms with Crippen molar-refractivity contribution in [3.8, 4) is 11.4 Å². The van der Waals surface area contributed by atoms with Gasteiger partial charge in [-0.25, -0.2) is 0 Å². The summed E-state index contributed by atoms with van der Waals surface area (Å²) in [5, 5.41) is 7.55. The number of nitrogens with two attached hydrogens (primary N) is 1. The molecule has 72 valence electrons. The predicted octanol–water partition coefficient (Wildman–Crippen LogP) is 0.858. The zero-order valence-corrected chi connectivity index (χ0v) is 7.71. The lowest BCUT2D eigenvalue weighted by Crippen LogP contribution is -2.01. The van der Waals surface area contributed by atoms with Gasteiger partial charge in [-0.2, -0.15) is 4.68 Å². The number of rotatable bonds is 2. The highest BCUT2D eigenvalue weighted by atomic mass is 16.5. The van der Waals surface area contributed by atoms with Crippen molar-refractivity contribution in [1.29, 1.82) is 0 Å². The average Bonchev–Trinajstić information content (AvgIpc) is 2.65. The van der Waals surface area contributed by atoms with E-state index < -0.39 is 0 Å². The smallest absolute Gasteiger partial charge is 0.147 e. The first-order chi connectivity index (χ1) is 6.81. The van der Waals surface area contributed by atoms with Crippen LogP contribution in [0.4, 0.5) is 5.82 Å². The lowest BCUT2D eigenvalue weighted by atomic mass is 10.3. The molecule has 1 aromatic carbocycles. The van der Waals surface area contributed by atoms with Gasteiger partial charge in [0.2, 0.25) is 0 Å². The van der Waals surface area contributed by atoms with Crippen molar-refractivity contribution in [3.05, 3.63) is 30.5 Å². The molecular formula is C9H10N4O. The minimum Gasteiger partial charge on any atom is -0.497 e. The van der Waals surface area contributed by atoms with Gasteiger partial charge in [-0.1, -0.05) is 11.3 Å². The van der Waals surface area contributed by atoms with Crippen LogP contribution in [0.25, 0.3) is 5.69 Å². The topological polar surface area (TPSA) is 66.0 Å². The molecule has 1 heterocycles. The molecule has 14 heavy (non-hydrogen) atoms. The van der Waals surface area contributed by atoms with Gasteiger partial charge in [-0.15, -0.1) is 5.10 Å². The van der Waals surface area contributed by atoms with Crippen LogP contribution >= 0.6 is 0 Å². The van der Waals surface area contributed by atoms with Crippen LogP contribution in [0.5, 0.6) is 5.75 Å². The monoisotopic (exact) mass is 190 g/mol. The third-order valence-electron chi connectivity index (χ3n) is 1.87. The van der Waals surface area contributed by atoms with Crippen molar-refractivity contribution in [2.75, 3.05) is 12.8 Å². The van der Waals surface area contributed by atoms with Gasteiger partial charge in [-0.3, -0.25) is 0 Å². The molecule has 0 bridgehead atoms. The molecule has 5 nitrogen and oxygen atoms in total. The summed E-state index contributed by atoms with van der Waals surface area (Å²) in [5.41, 5.74) is 6.49. The predicted molar refractivity (Wildman–Crippen MR) is 52.3 cm³/mol. The van der Waals surface area contributed by atoms with Gasteiger partial charge < -0.3 is 10.5 Å². The number of nitrogen functional groups attached to an aromatic ring is 1. The minimum absolute atomic E-state index is 0.498. The zero-order chi connectivity index (χ0) is 9.97. The van der Waals surface area contributed by atoms with Crippen LogP contribution in [0.1, 0.15) is 0 Å². The van der Waals surface area contributed by atoms with Gasteiger partial charge in [0.15, 0.2) is 0 Å². The molecule has 0 aliphatic heterocycles. The van der Waals surface area contributed by atoms with E-state index in [1.165, 1.54) is 6.20 Å². The summed E-state index contributed by atoms with van der Waals surface area (Å²) >= 11 is 0. The number of methoxy groups -OCH3 is 1. The Morgan fingerprint density at radius 2 is 2.29 bits per heavy atom. The molecule has 0 unspecified atom stereocenters. The third kappa shape index (κ3) is 1.39. The van der Waals surface area contributed by atoms with E-state index in [1.54, 1.807) is 11.8 Å². The molecule has 0 radical (unpaired) electrons. The molecule has 1 aromatic heterocycles. The molecule has 0 aliphatic rings. The van der Waals surface area contributed by atoms with Crippen LogP contribution in [-0.4, -0.2) is 22.1 Å². The van der Waals surface area contributed by atoms with Gasteiger partial charge in [0.05, 0.1) is 19.0 Å². The molecule has 0 saturated heterocycles. The number of anilines is 1. The second-order valence-corrected chi connectivity index (χ2v) is 2.77. The Bertz CT molecular complexity index is 438. The van der Waals surface area contributed by atoms with Gasteiger partial charge in [-0.05, 0) is 12.1 Å². The highest BCUT2D eigenvalue weighted by Gasteiger charge is 2.02. The van der Waals surface area contributed by atoms with Crippen molar-refractivity contribution in [1.82, 2.24) is 15.0 Å². The number of hydrogen-bond acceptors (Lipinski definition) is 4. The molecule has 5 heteroatoms. The van der Waals surface area contributed by atoms with E-state index in [0.29, 0.717) is 5.82 Å². The van der Waals surface area contributed by atoms with Crippen molar-refractivity contribution >= 4 is 5.82 Å². The Kier molecular flexibility index (Phi) is 2.06. The van der Waals surface area contributed by atoms with Crippen LogP contribution in [0, 0.1) is 0 Å². The Balaban J connectivity index is 2.47. The van der Waals surface area contributed by atoms with Gasteiger partial charge in [0, 0.05) is 6.07 Å². The molecule has 2 aromatic rings. The molecule has 0 aliphatic carbocycles. The maximum atomic E-state index is 5.66. The number of hydrogen-bond donors (Lipinski definition) is 1. The second kappa shape index (κ2) is 3.37. The fourth-order valence-electron chi connectivity index (χ4n) is 1.19. The molecule has 0 spiro atoms. The number of benzene rings is 1. The summed E-state index contributed by atoms with van der Waals surface area (Å²) < 4.78 is 6.63. The Morgan fingerprint density at radius 1 is 1.43 bits per heavy atom. The average molecular weight is 190 g/mol. The summed E-state index contributed by atoms with van der Waals surface area (Å²) in [6, 6.07) is 7.45. The number of aromatic nitrogens is 3. The molecule has 0 atom stereocenters. The largest absolute Gasteiger partial charge is 0.497 e. The molecule has 0 amide bonds. The van der Waals surface area contributed by atoms with Crippen molar-refractivity contribution in [2.45, 2.75) is 0 Å². The summed E-state index contributed by atoms with van der Waals surface area (Å²) in [6.07, 6.45) is 1.50. The van der Waals surface area contributed by atoms with E-state index in [2.05, 4.69) is 10.3 Å². The Morgan fingerprint density at radius 3 is 2.93 bits per heavy atom. The standard InChI is InChI=1S/C9H10N4O/c1-14-8-4-2-3-7(5-8)13-9(10)6-11-12-13/h2-6H,10H2,1H3. The maximum absolute atomic E-state index is 5.66. The Labute approximate surface area is 81.1 Å². The van der Waals surface area contributed by atoms with Crippen molar-refractivity contribution in [2.24, 2.45) is 0 Å². The summed E-state index contributed by atoms with van der Waals surface area (Å²) in [4.78, 5) is 0. The van der Waals surface area contributed by atoms with Crippen LogP contribution in [0.3, 0.4) is 0 Å². The zero-order valence-electron chi connectivity index (χ0n) is 7.71. The van der Waals surface area contributed by atoms with Crippen LogP contribution in [0.15, 0.2) is 30.5 Å². The second-order valence-electron chi connectivity index (χ2n) is 2.77. The Hall–Kier alpha value is -2.04. The molecule has 0 fully saturated rings. The van der Waals surface area contributed by atoms with E-state index in [-0.39, 0.29) is 0 Å². The summed E-state index contributed by atoms with van der Waals surface area (Å²) in [6.45, 7) is 0. The normalized spacial score (nSPS) is 10.1. The first-order valence-electron chi connectivity index (χ1n) is 4.12. The molecular weight excluding hydrogens is 180 g/mol. The SMILES string of the molecule is COc1cccc(-n2nncc2N)c1. The fraction of sp³-hybridized carbons (Fsp3) is 0.111. The van der Waals surface area contributed by atoms with Crippen molar-refractivity contribution < 1.29 is 4.74 Å². The fourth-order valence-corrected chi connectivity index (χ4v) is 1.19. The van der Waals surface area contributed by atoms with Crippen LogP contribution in [0.2, 0.25) is 0 Å². The van der Waals surface area contributed by atoms with E-state index in [9.17, 15) is 0 Å². The first kappa shape index (κ1) is 8.55. The van der Waals surface area contributed by atoms with E-state index >= 15 is 0 Å². The van der Waals surface area contributed by atoms with E-state index in [1.807, 2.05) is 24.3 Å². The van der Waals surface area contributed by atoms with Gasteiger partial charge in [0.1, 0.15) is 11.6 Å². The van der Waals surface area contributed by atoms with E-state index in [4.69, 9.17) is 10.5 Å². The van der Waals surface area contributed by atoms with Gasteiger partial charge in [0.25, 0.3) is 0 Å². The van der Waals surface area contributed by atoms with Crippen LogP contribution < -0.4 is 10.5 Å². The highest BCUT2D eigenvalue weighted by Crippen LogP contribution is 2.17. The summed E-state index contributed by atoms with van der Waals surface area (Å²) in [5.74, 6) is 1.26. The van der Waals surface area contributed by atoms with E-state index in [0.717, 1.165) is 11.4 Å². The molecule has 2 N–H and O–H groups in total. The lowest BCUT2D eigenvalue weighted by molar-refractivity contribution is 0.414. The lowest BCUT2D eigenvalue weighted by Gasteiger charge is -2.04.